The zero-order valence-electron chi connectivity index (χ0n) is 20.7. The highest BCUT2D eigenvalue weighted by Gasteiger charge is 2.28. The quantitative estimate of drug-likeness (QED) is 0.449. The number of piperidine rings is 1. The van der Waals surface area contributed by atoms with Gasteiger partial charge in [-0.15, -0.1) is 0 Å². The van der Waals surface area contributed by atoms with Crippen molar-refractivity contribution in [3.05, 3.63) is 89.2 Å². The molecule has 0 amide bonds. The highest BCUT2D eigenvalue weighted by Crippen LogP contribution is 2.38. The molecule has 0 saturated carbocycles. The zero-order chi connectivity index (χ0) is 24.2. The molecule has 0 bridgehead atoms. The third kappa shape index (κ3) is 5.46. The molecule has 3 aromatic carbocycles. The van der Waals surface area contributed by atoms with Gasteiger partial charge in [0, 0.05) is 18.3 Å². The lowest BCUT2D eigenvalue weighted by Gasteiger charge is -2.39. The summed E-state index contributed by atoms with van der Waals surface area (Å²) >= 11 is 0. The molecule has 3 atom stereocenters. The minimum absolute atomic E-state index is 0.129. The molecule has 5 rings (SSSR count). The minimum atomic E-state index is -0.209. The maximum atomic E-state index is 13.7. The van der Waals surface area contributed by atoms with Crippen molar-refractivity contribution in [1.82, 2.24) is 5.32 Å². The molecule has 184 valence electrons. The van der Waals surface area contributed by atoms with Crippen LogP contribution in [0.25, 0.3) is 0 Å². The number of hydrogen-bond donors (Lipinski definition) is 1. The fourth-order valence-corrected chi connectivity index (χ4v) is 5.52. The number of anilines is 1. The van der Waals surface area contributed by atoms with E-state index in [-0.39, 0.29) is 18.0 Å². The smallest absolute Gasteiger partial charge is 0.123 e. The van der Waals surface area contributed by atoms with Crippen molar-refractivity contribution >= 4 is 5.69 Å². The summed E-state index contributed by atoms with van der Waals surface area (Å²) in [5.41, 5.74) is 4.89. The van der Waals surface area contributed by atoms with Gasteiger partial charge in [0.05, 0.1) is 13.2 Å². The summed E-state index contributed by atoms with van der Waals surface area (Å²) in [7, 11) is 1.71. The van der Waals surface area contributed by atoms with E-state index in [0.717, 1.165) is 49.5 Å². The summed E-state index contributed by atoms with van der Waals surface area (Å²) in [6, 6.07) is 22.3. The highest BCUT2D eigenvalue weighted by atomic mass is 19.1. The van der Waals surface area contributed by atoms with E-state index in [1.165, 1.54) is 29.5 Å². The van der Waals surface area contributed by atoms with E-state index in [2.05, 4.69) is 53.5 Å². The van der Waals surface area contributed by atoms with Crippen LogP contribution in [0.4, 0.5) is 10.1 Å². The van der Waals surface area contributed by atoms with E-state index in [9.17, 15) is 4.39 Å². The second kappa shape index (κ2) is 10.7. The molecule has 2 heterocycles. The average molecular weight is 475 g/mol. The lowest BCUT2D eigenvalue weighted by molar-refractivity contribution is 0.152. The number of methoxy groups -OCH3 is 1. The van der Waals surface area contributed by atoms with Crippen LogP contribution in [0.1, 0.15) is 48.9 Å². The molecule has 0 aromatic heterocycles. The Hall–Kier alpha value is -3.05. The van der Waals surface area contributed by atoms with E-state index in [0.29, 0.717) is 6.04 Å². The molecule has 5 heteroatoms. The topological polar surface area (TPSA) is 33.7 Å². The Morgan fingerprint density at radius 3 is 2.66 bits per heavy atom. The predicted molar refractivity (Wildman–Crippen MR) is 139 cm³/mol. The van der Waals surface area contributed by atoms with E-state index >= 15 is 0 Å². The molecule has 1 fully saturated rings. The first-order chi connectivity index (χ1) is 17.1. The molecular formula is C30H35FN2O2. The Kier molecular flexibility index (Phi) is 7.24. The van der Waals surface area contributed by atoms with Gasteiger partial charge < -0.3 is 19.7 Å². The van der Waals surface area contributed by atoms with Crippen LogP contribution in [0.5, 0.6) is 11.5 Å². The summed E-state index contributed by atoms with van der Waals surface area (Å²) < 4.78 is 25.5. The van der Waals surface area contributed by atoms with Gasteiger partial charge in [0.2, 0.25) is 0 Å². The first-order valence-corrected chi connectivity index (χ1v) is 12.8. The molecular weight excluding hydrogens is 439 g/mol. The van der Waals surface area contributed by atoms with E-state index in [1.54, 1.807) is 19.2 Å². The van der Waals surface area contributed by atoms with Crippen LogP contribution in [-0.4, -0.2) is 32.3 Å². The molecule has 0 aliphatic carbocycles. The fourth-order valence-electron chi connectivity index (χ4n) is 5.52. The average Bonchev–Trinajstić information content (AvgIpc) is 2.90. The molecule has 35 heavy (non-hydrogen) atoms. The third-order valence-corrected chi connectivity index (χ3v) is 7.43. The van der Waals surface area contributed by atoms with Gasteiger partial charge in [0.25, 0.3) is 0 Å². The number of ether oxygens (including phenoxy) is 2. The number of fused-ring (bicyclic) bond motifs is 1. The SMILES string of the molecule is COc1ccc2c(c1)CCN(c1ccc(F)cc1)C2Cc1cccc(OC(C)C2CCCCN2)c1. The van der Waals surface area contributed by atoms with Gasteiger partial charge in [-0.3, -0.25) is 0 Å². The normalized spacial score (nSPS) is 20.7. The summed E-state index contributed by atoms with van der Waals surface area (Å²) in [6.45, 7) is 4.11. The molecule has 3 aromatic rings. The maximum Gasteiger partial charge on any atom is 0.123 e. The second-order valence-electron chi connectivity index (χ2n) is 9.73. The summed E-state index contributed by atoms with van der Waals surface area (Å²) in [6.07, 6.45) is 5.56. The van der Waals surface area contributed by atoms with E-state index in [4.69, 9.17) is 9.47 Å². The highest BCUT2D eigenvalue weighted by molar-refractivity contribution is 5.54. The number of halogens is 1. The van der Waals surface area contributed by atoms with Crippen LogP contribution in [0, 0.1) is 5.82 Å². The second-order valence-corrected chi connectivity index (χ2v) is 9.73. The Morgan fingerprint density at radius 1 is 1.03 bits per heavy atom. The van der Waals surface area contributed by atoms with Crippen LogP contribution < -0.4 is 19.7 Å². The maximum absolute atomic E-state index is 13.7. The van der Waals surface area contributed by atoms with Crippen LogP contribution in [0.15, 0.2) is 66.7 Å². The van der Waals surface area contributed by atoms with Gasteiger partial charge in [-0.2, -0.15) is 0 Å². The van der Waals surface area contributed by atoms with Gasteiger partial charge >= 0.3 is 0 Å². The van der Waals surface area contributed by atoms with Crippen molar-refractivity contribution in [3.63, 3.8) is 0 Å². The van der Waals surface area contributed by atoms with Crippen molar-refractivity contribution in [2.75, 3.05) is 25.1 Å². The monoisotopic (exact) mass is 474 g/mol. The largest absolute Gasteiger partial charge is 0.497 e. The Bertz CT molecular complexity index is 1130. The molecule has 1 N–H and O–H groups in total. The van der Waals surface area contributed by atoms with Crippen molar-refractivity contribution in [2.24, 2.45) is 0 Å². The molecule has 0 spiro atoms. The predicted octanol–water partition coefficient (Wildman–Crippen LogP) is 6.09. The van der Waals surface area contributed by atoms with Crippen molar-refractivity contribution in [2.45, 2.75) is 57.2 Å². The molecule has 3 unspecified atom stereocenters. The van der Waals surface area contributed by atoms with Crippen LogP contribution in [0.2, 0.25) is 0 Å². The summed E-state index contributed by atoms with van der Waals surface area (Å²) in [5, 5.41) is 3.60. The van der Waals surface area contributed by atoms with Crippen LogP contribution >= 0.6 is 0 Å². The number of hydrogen-bond acceptors (Lipinski definition) is 4. The Labute approximate surface area is 208 Å². The van der Waals surface area contributed by atoms with E-state index < -0.39 is 0 Å². The van der Waals surface area contributed by atoms with Crippen LogP contribution in [0.3, 0.4) is 0 Å². The van der Waals surface area contributed by atoms with Gasteiger partial charge in [-0.1, -0.05) is 24.6 Å². The standard InChI is InChI=1S/C30H35FN2O2/c1-21(29-8-3-4-16-32-29)35-27-7-5-6-22(18-27)19-30-28-14-13-26(34-2)20-23(28)15-17-33(30)25-11-9-24(31)10-12-25/h5-7,9-14,18,20-21,29-30,32H,3-4,8,15-17,19H2,1-2H3. The summed E-state index contributed by atoms with van der Waals surface area (Å²) in [5.74, 6) is 1.60. The number of rotatable bonds is 7. The van der Waals surface area contributed by atoms with Crippen molar-refractivity contribution in [3.8, 4) is 11.5 Å². The van der Waals surface area contributed by atoms with Crippen molar-refractivity contribution in [1.29, 1.82) is 0 Å². The van der Waals surface area contributed by atoms with Gasteiger partial charge in [-0.05, 0) is 104 Å². The molecule has 2 aliphatic rings. The number of nitrogens with zero attached hydrogens (tertiary/aromatic N) is 1. The molecule has 0 radical (unpaired) electrons. The first-order valence-electron chi connectivity index (χ1n) is 12.8. The number of nitrogens with one attached hydrogen (secondary N) is 1. The minimum Gasteiger partial charge on any atom is -0.497 e. The van der Waals surface area contributed by atoms with Gasteiger partial charge in [-0.25, -0.2) is 4.39 Å². The van der Waals surface area contributed by atoms with Gasteiger partial charge in [0.15, 0.2) is 0 Å². The lowest BCUT2D eigenvalue weighted by atomic mass is 9.88. The first kappa shape index (κ1) is 23.7. The summed E-state index contributed by atoms with van der Waals surface area (Å²) in [4.78, 5) is 2.40. The van der Waals surface area contributed by atoms with Gasteiger partial charge in [0.1, 0.15) is 23.4 Å². The Balaban J connectivity index is 1.41. The van der Waals surface area contributed by atoms with Crippen molar-refractivity contribution < 1.29 is 13.9 Å². The molecule has 2 aliphatic heterocycles. The molecule has 4 nitrogen and oxygen atoms in total. The molecule has 1 saturated heterocycles. The fraction of sp³-hybridized carbons (Fsp3) is 0.400. The zero-order valence-corrected chi connectivity index (χ0v) is 20.7. The Morgan fingerprint density at radius 2 is 1.89 bits per heavy atom. The number of benzene rings is 3. The lowest BCUT2D eigenvalue weighted by Crippen LogP contribution is -2.44. The third-order valence-electron chi connectivity index (χ3n) is 7.43. The van der Waals surface area contributed by atoms with E-state index in [1.807, 2.05) is 18.2 Å². The van der Waals surface area contributed by atoms with Crippen LogP contribution in [-0.2, 0) is 12.8 Å².